The molecule has 0 saturated carbocycles. The fourth-order valence-electron chi connectivity index (χ4n) is 3.78. The third-order valence-corrected chi connectivity index (χ3v) is 5.94. The number of rotatable bonds is 8. The number of benzene rings is 2. The van der Waals surface area contributed by atoms with Crippen LogP contribution in [0.1, 0.15) is 0 Å². The van der Waals surface area contributed by atoms with Crippen molar-refractivity contribution >= 4 is 22.7 Å². The van der Waals surface area contributed by atoms with Gasteiger partial charge in [0.25, 0.3) is 0 Å². The minimum Gasteiger partial charge on any atom is -0.497 e. The normalized spacial score (nSPS) is 9.73. The molecule has 0 aliphatic rings. The molecular weight excluding hydrogens is 695 g/mol. The second-order valence-corrected chi connectivity index (χ2v) is 9.35. The summed E-state index contributed by atoms with van der Waals surface area (Å²) in [5, 5.41) is 2.88. The molecule has 0 aliphatic carbocycles. The minimum atomic E-state index is 0. The van der Waals surface area contributed by atoms with Crippen LogP contribution < -0.4 is 29.5 Å². The molecule has 0 saturated heterocycles. The smallest absolute Gasteiger partial charge is 0.497 e. The molecule has 0 unspecified atom stereocenters. The van der Waals surface area contributed by atoms with Gasteiger partial charge in [0.05, 0.1) is 14.2 Å². The van der Waals surface area contributed by atoms with Gasteiger partial charge >= 0.3 is 21.1 Å². The number of pyridine rings is 2. The van der Waals surface area contributed by atoms with Gasteiger partial charge in [0.15, 0.2) is 0 Å². The van der Waals surface area contributed by atoms with Gasteiger partial charge in [-0.15, -0.1) is 42.0 Å². The van der Waals surface area contributed by atoms with E-state index in [-0.39, 0.29) is 21.1 Å². The van der Waals surface area contributed by atoms with Gasteiger partial charge in [-0.25, -0.2) is 0 Å². The van der Waals surface area contributed by atoms with E-state index in [9.17, 15) is 0 Å². The zero-order valence-electron chi connectivity index (χ0n) is 24.7. The summed E-state index contributed by atoms with van der Waals surface area (Å²) in [5.41, 5.74) is 7.24. The molecule has 216 valence electrons. The van der Waals surface area contributed by atoms with E-state index in [1.165, 1.54) is 0 Å². The molecule has 0 radical (unpaired) electrons. The van der Waals surface area contributed by atoms with Crippen molar-refractivity contribution in [2.45, 2.75) is 0 Å². The van der Waals surface area contributed by atoms with Crippen molar-refractivity contribution in [3.8, 4) is 46.5 Å². The second kappa shape index (κ2) is 15.5. The largest absolute Gasteiger partial charge is 2.00 e. The molecule has 0 aliphatic heterocycles. The molecule has 0 spiro atoms. The van der Waals surface area contributed by atoms with E-state index in [1.807, 2.05) is 82.4 Å². The third-order valence-electron chi connectivity index (χ3n) is 5.94. The topological polar surface area (TPSA) is 66.0 Å². The summed E-state index contributed by atoms with van der Waals surface area (Å²) in [6.07, 6.45) is 8.78. The van der Waals surface area contributed by atoms with Gasteiger partial charge in [-0.05, 0) is 78.5 Å². The average molecular weight is 732 g/mol. The Balaban J connectivity index is 0.000000280. The Morgan fingerprint density at radius 3 is 1.66 bits per heavy atom. The molecule has 2 heterocycles. The Labute approximate surface area is 258 Å². The van der Waals surface area contributed by atoms with Crippen molar-refractivity contribution in [3.63, 3.8) is 0 Å². The fourth-order valence-corrected chi connectivity index (χ4v) is 3.78. The monoisotopic (exact) mass is 731 g/mol. The summed E-state index contributed by atoms with van der Waals surface area (Å²) in [4.78, 5) is 14.9. The van der Waals surface area contributed by atoms with Crippen LogP contribution in [0.2, 0.25) is 0 Å². The first-order chi connectivity index (χ1) is 19.2. The molecule has 4 rings (SSSR count). The molecule has 0 bridgehead atoms. The Kier molecular flexibility index (Phi) is 12.5. The first kappa shape index (κ1) is 33.0. The number of nitrogens with zero attached hydrogens (tertiary/aromatic N) is 5. The van der Waals surface area contributed by atoms with E-state index in [2.05, 4.69) is 50.5 Å². The van der Waals surface area contributed by atoms with Crippen LogP contribution in [0.25, 0.3) is 22.5 Å². The number of ether oxygens (including phenoxy) is 2. The summed E-state index contributed by atoms with van der Waals surface area (Å²) >= 11 is 0. The Morgan fingerprint density at radius 1 is 0.707 bits per heavy atom. The van der Waals surface area contributed by atoms with Crippen LogP contribution in [0.15, 0.2) is 60.9 Å². The average Bonchev–Trinajstić information content (AvgIpc) is 2.97. The van der Waals surface area contributed by atoms with Crippen LogP contribution in [-0.4, -0.2) is 66.5 Å². The first-order valence-corrected chi connectivity index (χ1v) is 12.6. The zero-order valence-corrected chi connectivity index (χ0v) is 27.0. The molecule has 2 aromatic carbocycles. The maximum absolute atomic E-state index is 5.33. The van der Waals surface area contributed by atoms with Crippen LogP contribution in [0, 0.1) is 24.6 Å². The Bertz CT molecular complexity index is 1470. The van der Waals surface area contributed by atoms with E-state index < -0.39 is 0 Å². The number of nitrogens with one attached hydrogen (secondary N) is 1. The molecule has 2 aromatic heterocycles. The molecule has 1 N–H and O–H groups in total. The minimum absolute atomic E-state index is 0. The number of terminal acetylenes is 1. The number of anilines is 4. The number of hydrogen-bond donors (Lipinski definition) is 1. The van der Waals surface area contributed by atoms with E-state index in [0.717, 1.165) is 56.8 Å². The number of methoxy groups -OCH3 is 2. The van der Waals surface area contributed by atoms with Gasteiger partial charge in [-0.1, -0.05) is 12.0 Å². The van der Waals surface area contributed by atoms with E-state index >= 15 is 0 Å². The van der Waals surface area contributed by atoms with E-state index in [1.54, 1.807) is 32.7 Å². The van der Waals surface area contributed by atoms with Crippen molar-refractivity contribution in [1.82, 2.24) is 9.97 Å². The summed E-state index contributed by atoms with van der Waals surface area (Å²) in [7, 11) is 15.2. The summed E-state index contributed by atoms with van der Waals surface area (Å²) < 4.78 is 10.5. The van der Waals surface area contributed by atoms with Gasteiger partial charge in [0.2, 0.25) is 0 Å². The van der Waals surface area contributed by atoms with Crippen LogP contribution >= 0.6 is 0 Å². The standard InChI is InChI=1S/C16H20N3O.C16H16N3O.Pt/c1-18(2)12-6-7-16(19(3)4)14(10-12)15-11-13(20-5)8-9-17-15;1-5-17-15-7-6-12(19(2)3)10-14(15)16-11-13(20-4)8-9-18-16;/h6-9,11H,1-5H3;1,6-9,11,17H,2-4H3;/q2*-1;+2. The molecular formula is C32H36N6O2Pt. The molecule has 0 fully saturated rings. The zero-order chi connectivity index (χ0) is 29.2. The Morgan fingerprint density at radius 2 is 1.20 bits per heavy atom. The van der Waals surface area contributed by atoms with Crippen molar-refractivity contribution in [2.75, 3.05) is 76.5 Å². The van der Waals surface area contributed by atoms with Crippen LogP contribution in [-0.2, 0) is 21.1 Å². The molecule has 9 heteroatoms. The van der Waals surface area contributed by atoms with E-state index in [4.69, 9.17) is 15.9 Å². The van der Waals surface area contributed by atoms with Crippen molar-refractivity contribution in [1.29, 1.82) is 0 Å². The second-order valence-electron chi connectivity index (χ2n) is 9.35. The third kappa shape index (κ3) is 8.63. The molecule has 0 amide bonds. The quantitative estimate of drug-likeness (QED) is 0.149. The van der Waals surface area contributed by atoms with Crippen LogP contribution in [0.4, 0.5) is 22.7 Å². The fraction of sp³-hybridized carbons (Fsp3) is 0.250. The first-order valence-electron chi connectivity index (χ1n) is 12.6. The summed E-state index contributed by atoms with van der Waals surface area (Å²) in [5.74, 6) is 1.54. The summed E-state index contributed by atoms with van der Waals surface area (Å²) in [6, 6.07) is 24.6. The predicted octanol–water partition coefficient (Wildman–Crippen LogP) is 5.31. The van der Waals surface area contributed by atoms with Gasteiger partial charge < -0.3 is 39.5 Å². The Hall–Kier alpha value is -4.21. The number of hydrogen-bond acceptors (Lipinski definition) is 8. The van der Waals surface area contributed by atoms with Crippen LogP contribution in [0.3, 0.4) is 0 Å². The van der Waals surface area contributed by atoms with E-state index in [0.29, 0.717) is 0 Å². The molecule has 8 nitrogen and oxygen atoms in total. The SMILES string of the molecule is C#CNc1ccc(N(C)C)[c-]c1-c1cc(OC)ccn1.COc1ccnc(-c2[c-]c(N(C)C)ccc2N(C)C)c1.[Pt+2]. The van der Waals surface area contributed by atoms with Crippen molar-refractivity contribution < 1.29 is 30.5 Å². The predicted molar refractivity (Wildman–Crippen MR) is 166 cm³/mol. The number of aromatic nitrogens is 2. The molecule has 4 aromatic rings. The summed E-state index contributed by atoms with van der Waals surface area (Å²) in [6.45, 7) is 0. The van der Waals surface area contributed by atoms with Crippen molar-refractivity contribution in [2.24, 2.45) is 0 Å². The van der Waals surface area contributed by atoms with Crippen molar-refractivity contribution in [3.05, 3.63) is 73.1 Å². The maximum Gasteiger partial charge on any atom is 2.00 e. The van der Waals surface area contributed by atoms with Gasteiger partial charge in [-0.3, -0.25) is 0 Å². The van der Waals surface area contributed by atoms with Gasteiger partial charge in [0.1, 0.15) is 11.5 Å². The van der Waals surface area contributed by atoms with Gasteiger partial charge in [0, 0.05) is 40.6 Å². The molecule has 41 heavy (non-hydrogen) atoms. The van der Waals surface area contributed by atoms with Gasteiger partial charge in [-0.2, -0.15) is 0 Å². The molecule has 0 atom stereocenters. The van der Waals surface area contributed by atoms with Crippen LogP contribution in [0.5, 0.6) is 11.5 Å². The maximum atomic E-state index is 5.33.